The molecule has 0 spiro atoms. The van der Waals surface area contributed by atoms with E-state index < -0.39 is 0 Å². The van der Waals surface area contributed by atoms with Gasteiger partial charge in [-0.3, -0.25) is 9.59 Å². The van der Waals surface area contributed by atoms with Gasteiger partial charge in [0, 0.05) is 33.1 Å². The molecule has 0 bridgehead atoms. The third-order valence-electron chi connectivity index (χ3n) is 5.29. The molecule has 1 aromatic carbocycles. The quantitative estimate of drug-likeness (QED) is 0.842. The number of rotatable bonds is 2. The minimum Gasteiger partial charge on any atom is -0.342 e. The number of amides is 2. The summed E-state index contributed by atoms with van der Waals surface area (Å²) >= 11 is 0. The number of likely N-dealkylation sites (tertiary alicyclic amines) is 2. The average molecular weight is 314 g/mol. The molecule has 1 unspecified atom stereocenters. The molecule has 3 rings (SSSR count). The van der Waals surface area contributed by atoms with E-state index in [0.717, 1.165) is 45.3 Å². The number of carbonyl (C=O) groups is 2. The predicted molar refractivity (Wildman–Crippen MR) is 90.0 cm³/mol. The third kappa shape index (κ3) is 3.74. The van der Waals surface area contributed by atoms with Crippen molar-refractivity contribution < 1.29 is 9.59 Å². The van der Waals surface area contributed by atoms with Crippen molar-refractivity contribution >= 4 is 11.8 Å². The second-order valence-electron chi connectivity index (χ2n) is 6.81. The van der Waals surface area contributed by atoms with Crippen molar-refractivity contribution in [3.63, 3.8) is 0 Å². The zero-order valence-electron chi connectivity index (χ0n) is 13.9. The van der Waals surface area contributed by atoms with Gasteiger partial charge in [-0.25, -0.2) is 0 Å². The minimum atomic E-state index is 0.000857. The van der Waals surface area contributed by atoms with Crippen molar-refractivity contribution in [1.29, 1.82) is 0 Å². The summed E-state index contributed by atoms with van der Waals surface area (Å²) < 4.78 is 0. The maximum absolute atomic E-state index is 12.8. The number of hydrogen-bond donors (Lipinski definition) is 0. The molecule has 0 N–H and O–H groups in total. The average Bonchev–Trinajstić information content (AvgIpc) is 2.62. The Morgan fingerprint density at radius 3 is 2.30 bits per heavy atom. The van der Waals surface area contributed by atoms with E-state index in [-0.39, 0.29) is 17.7 Å². The highest BCUT2D eigenvalue weighted by Gasteiger charge is 2.32. The zero-order chi connectivity index (χ0) is 16.2. The fourth-order valence-corrected chi connectivity index (χ4v) is 3.88. The second-order valence-corrected chi connectivity index (χ2v) is 6.81. The van der Waals surface area contributed by atoms with Crippen LogP contribution >= 0.6 is 0 Å². The summed E-state index contributed by atoms with van der Waals surface area (Å²) in [6, 6.07) is 10.6. The van der Waals surface area contributed by atoms with Crippen LogP contribution in [0.1, 0.15) is 44.1 Å². The van der Waals surface area contributed by atoms with E-state index in [2.05, 4.69) is 24.3 Å². The molecule has 124 valence electrons. The number of nitrogens with zero attached hydrogens (tertiary/aromatic N) is 2. The molecule has 0 aliphatic carbocycles. The molecule has 2 fully saturated rings. The third-order valence-corrected chi connectivity index (χ3v) is 5.29. The van der Waals surface area contributed by atoms with E-state index in [4.69, 9.17) is 0 Å². The van der Waals surface area contributed by atoms with Crippen LogP contribution in [0.2, 0.25) is 0 Å². The smallest absolute Gasteiger partial charge is 0.227 e. The Hall–Kier alpha value is -1.84. The van der Waals surface area contributed by atoms with Crippen molar-refractivity contribution in [3.05, 3.63) is 35.9 Å². The Morgan fingerprint density at radius 1 is 0.957 bits per heavy atom. The SMILES string of the molecule is CC(=O)N1CCCC(C(=O)N2CCC(c3ccccc3)CC2)C1. The van der Waals surface area contributed by atoms with Crippen molar-refractivity contribution in [2.45, 2.75) is 38.5 Å². The summed E-state index contributed by atoms with van der Waals surface area (Å²) in [6.45, 7) is 4.68. The molecule has 0 saturated carbocycles. The zero-order valence-corrected chi connectivity index (χ0v) is 13.9. The molecule has 0 radical (unpaired) electrons. The highest BCUT2D eigenvalue weighted by molar-refractivity contribution is 5.81. The standard InChI is InChI=1S/C19H26N2O2/c1-15(22)21-11-5-8-18(14-21)19(23)20-12-9-17(10-13-20)16-6-3-2-4-7-16/h2-4,6-7,17-18H,5,8-14H2,1H3. The summed E-state index contributed by atoms with van der Waals surface area (Å²) in [5, 5.41) is 0. The van der Waals surface area contributed by atoms with Gasteiger partial charge >= 0.3 is 0 Å². The second kappa shape index (κ2) is 7.16. The van der Waals surface area contributed by atoms with Crippen LogP contribution in [-0.4, -0.2) is 47.8 Å². The van der Waals surface area contributed by atoms with Crippen molar-refractivity contribution in [3.8, 4) is 0 Å². The molecular formula is C19H26N2O2. The molecule has 2 aliphatic heterocycles. The van der Waals surface area contributed by atoms with Crippen LogP contribution in [0.25, 0.3) is 0 Å². The van der Waals surface area contributed by atoms with Crippen LogP contribution in [0.15, 0.2) is 30.3 Å². The van der Waals surface area contributed by atoms with E-state index in [1.165, 1.54) is 5.56 Å². The Labute approximate surface area is 138 Å². The minimum absolute atomic E-state index is 0.000857. The molecule has 2 aliphatic rings. The maximum Gasteiger partial charge on any atom is 0.227 e. The van der Waals surface area contributed by atoms with Gasteiger partial charge in [0.05, 0.1) is 5.92 Å². The van der Waals surface area contributed by atoms with Gasteiger partial charge < -0.3 is 9.80 Å². The molecule has 1 aromatic rings. The molecule has 4 heteroatoms. The summed E-state index contributed by atoms with van der Waals surface area (Å²) in [5.41, 5.74) is 1.39. The Bertz CT molecular complexity index is 550. The van der Waals surface area contributed by atoms with Gasteiger partial charge in [-0.05, 0) is 37.2 Å². The summed E-state index contributed by atoms with van der Waals surface area (Å²) in [4.78, 5) is 28.1. The Morgan fingerprint density at radius 2 is 1.65 bits per heavy atom. The predicted octanol–water partition coefficient (Wildman–Crippen LogP) is 2.65. The highest BCUT2D eigenvalue weighted by Crippen LogP contribution is 2.29. The fraction of sp³-hybridized carbons (Fsp3) is 0.579. The fourth-order valence-electron chi connectivity index (χ4n) is 3.88. The van der Waals surface area contributed by atoms with Crippen LogP contribution in [0.3, 0.4) is 0 Å². The maximum atomic E-state index is 12.8. The lowest BCUT2D eigenvalue weighted by Gasteiger charge is -2.37. The van der Waals surface area contributed by atoms with Gasteiger partial charge in [-0.2, -0.15) is 0 Å². The van der Waals surface area contributed by atoms with Gasteiger partial charge in [0.25, 0.3) is 0 Å². The molecule has 2 saturated heterocycles. The van der Waals surface area contributed by atoms with Gasteiger partial charge in [-0.15, -0.1) is 0 Å². The van der Waals surface area contributed by atoms with E-state index in [0.29, 0.717) is 12.5 Å². The number of piperidine rings is 2. The van der Waals surface area contributed by atoms with Crippen LogP contribution in [0, 0.1) is 5.92 Å². The van der Waals surface area contributed by atoms with Gasteiger partial charge in [-0.1, -0.05) is 30.3 Å². The lowest BCUT2D eigenvalue weighted by atomic mass is 9.88. The first-order valence-electron chi connectivity index (χ1n) is 8.74. The Kier molecular flexibility index (Phi) is 4.99. The lowest BCUT2D eigenvalue weighted by molar-refractivity contribution is -0.141. The van der Waals surface area contributed by atoms with E-state index in [1.807, 2.05) is 15.9 Å². The number of carbonyl (C=O) groups excluding carboxylic acids is 2. The van der Waals surface area contributed by atoms with Crippen LogP contribution in [0.5, 0.6) is 0 Å². The molecule has 0 aromatic heterocycles. The highest BCUT2D eigenvalue weighted by atomic mass is 16.2. The van der Waals surface area contributed by atoms with E-state index in [9.17, 15) is 9.59 Å². The van der Waals surface area contributed by atoms with Crippen LogP contribution < -0.4 is 0 Å². The van der Waals surface area contributed by atoms with E-state index in [1.54, 1.807) is 6.92 Å². The normalized spacial score (nSPS) is 22.9. The van der Waals surface area contributed by atoms with Gasteiger partial charge in [0.1, 0.15) is 0 Å². The summed E-state index contributed by atoms with van der Waals surface area (Å²) in [6.07, 6.45) is 3.94. The first-order valence-corrected chi connectivity index (χ1v) is 8.74. The van der Waals surface area contributed by atoms with Crippen LogP contribution in [-0.2, 0) is 9.59 Å². The first-order chi connectivity index (χ1) is 11.1. The summed E-state index contributed by atoms with van der Waals surface area (Å²) in [5.74, 6) is 0.911. The summed E-state index contributed by atoms with van der Waals surface area (Å²) in [7, 11) is 0. The molecule has 23 heavy (non-hydrogen) atoms. The van der Waals surface area contributed by atoms with Crippen molar-refractivity contribution in [2.75, 3.05) is 26.2 Å². The number of benzene rings is 1. The largest absolute Gasteiger partial charge is 0.342 e. The van der Waals surface area contributed by atoms with Crippen molar-refractivity contribution in [2.24, 2.45) is 5.92 Å². The topological polar surface area (TPSA) is 40.6 Å². The van der Waals surface area contributed by atoms with Gasteiger partial charge in [0.15, 0.2) is 0 Å². The molecule has 2 heterocycles. The molecule has 1 atom stereocenters. The lowest BCUT2D eigenvalue weighted by Crippen LogP contribution is -2.48. The van der Waals surface area contributed by atoms with Crippen molar-refractivity contribution in [1.82, 2.24) is 9.80 Å². The molecule has 2 amide bonds. The van der Waals surface area contributed by atoms with Gasteiger partial charge in [0.2, 0.25) is 11.8 Å². The van der Waals surface area contributed by atoms with E-state index >= 15 is 0 Å². The molecular weight excluding hydrogens is 288 g/mol. The first kappa shape index (κ1) is 16.0. The molecule has 4 nitrogen and oxygen atoms in total. The number of hydrogen-bond acceptors (Lipinski definition) is 2. The van der Waals surface area contributed by atoms with Crippen LogP contribution in [0.4, 0.5) is 0 Å². The monoisotopic (exact) mass is 314 g/mol. The Balaban J connectivity index is 1.55.